The zero-order valence-electron chi connectivity index (χ0n) is 8.78. The van der Waals surface area contributed by atoms with Crippen molar-refractivity contribution in [2.75, 3.05) is 0 Å². The Labute approximate surface area is 112 Å². The van der Waals surface area contributed by atoms with Crippen LogP contribution in [-0.4, -0.2) is 55.0 Å². The minimum atomic E-state index is -5.17. The molecule has 0 heterocycles. The van der Waals surface area contributed by atoms with Gasteiger partial charge in [-0.25, -0.2) is 0 Å². The molecule has 0 amide bonds. The van der Waals surface area contributed by atoms with E-state index in [-0.39, 0.29) is 0 Å². The van der Waals surface area contributed by atoms with E-state index in [0.29, 0.717) is 0 Å². The third-order valence-electron chi connectivity index (χ3n) is 0. The molecule has 0 aromatic rings. The SMILES string of the molecule is FC(F)(F)[SiH3].O=S(=O)(O)F.O=S(=O)(O)F.O=S(=O)(O)F. The lowest BCUT2D eigenvalue weighted by molar-refractivity contribution is -0.0429. The Morgan fingerprint density at radius 2 is 0.650 bits per heavy atom. The Kier molecular flexibility index (Phi) is 14.3. The van der Waals surface area contributed by atoms with Gasteiger partial charge in [0.1, 0.15) is 10.2 Å². The fourth-order valence-electron chi connectivity index (χ4n) is 0. The van der Waals surface area contributed by atoms with Crippen molar-refractivity contribution >= 4 is 41.8 Å². The summed E-state index contributed by atoms with van der Waals surface area (Å²) in [5.74, 6) is -3.86. The minimum absolute atomic E-state index is 0.692. The van der Waals surface area contributed by atoms with Gasteiger partial charge in [0.15, 0.2) is 0 Å². The van der Waals surface area contributed by atoms with Gasteiger partial charge in [-0.3, -0.25) is 13.7 Å². The molecule has 0 radical (unpaired) electrons. The van der Waals surface area contributed by atoms with Gasteiger partial charge >= 0.3 is 37.3 Å². The largest absolute Gasteiger partial charge is 0.435 e. The van der Waals surface area contributed by atoms with E-state index in [0.717, 1.165) is 0 Å². The van der Waals surface area contributed by atoms with Crippen LogP contribution in [-0.2, 0) is 31.5 Å². The fraction of sp³-hybridized carbons (Fsp3) is 1.00. The number of hydrogen-bond donors (Lipinski definition) is 3. The summed E-state index contributed by atoms with van der Waals surface area (Å²) in [6.07, 6.45) is 0. The van der Waals surface area contributed by atoms with Gasteiger partial charge in [0.05, 0.1) is 0 Å². The number of rotatable bonds is 0. The molecule has 0 rings (SSSR count). The summed E-state index contributed by atoms with van der Waals surface area (Å²) in [6.45, 7) is 0. The van der Waals surface area contributed by atoms with Crippen LogP contribution in [0.3, 0.4) is 0 Å². The molecule has 0 aromatic carbocycles. The molecule has 0 aliphatic rings. The summed E-state index contributed by atoms with van der Waals surface area (Å²) in [6, 6.07) is 0. The van der Waals surface area contributed by atoms with Gasteiger partial charge in [-0.05, 0) is 0 Å². The molecule has 3 N–H and O–H groups in total. The van der Waals surface area contributed by atoms with Crippen molar-refractivity contribution in [1.29, 1.82) is 0 Å². The van der Waals surface area contributed by atoms with Crippen molar-refractivity contribution in [3.8, 4) is 0 Å². The van der Waals surface area contributed by atoms with Gasteiger partial charge < -0.3 is 0 Å². The van der Waals surface area contributed by atoms with E-state index in [1.807, 2.05) is 0 Å². The number of hydrogen-bond acceptors (Lipinski definition) is 6. The topological polar surface area (TPSA) is 163 Å². The highest BCUT2D eigenvalue weighted by molar-refractivity contribution is 7.80. The summed E-state index contributed by atoms with van der Waals surface area (Å²) in [7, 11) is -16.2. The predicted molar refractivity (Wildman–Crippen MR) is 54.0 cm³/mol. The molecule has 0 unspecified atom stereocenters. The molecule has 0 aliphatic heterocycles. The molecule has 0 spiro atoms. The molecule has 0 atom stereocenters. The summed E-state index contributed by atoms with van der Waals surface area (Å²) in [5, 5.41) is 0. The Balaban J connectivity index is -0.0000000853. The molecule has 0 fully saturated rings. The average molecular weight is 400 g/mol. The van der Waals surface area contributed by atoms with Crippen LogP contribution in [0.2, 0.25) is 0 Å². The molecule has 0 aromatic heterocycles. The quantitative estimate of drug-likeness (QED) is 0.203. The average Bonchev–Trinajstić information content (AvgIpc) is 1.62. The van der Waals surface area contributed by atoms with E-state index in [1.54, 1.807) is 0 Å². The van der Waals surface area contributed by atoms with E-state index in [4.69, 9.17) is 38.9 Å². The number of alkyl halides is 3. The Bertz CT molecular complexity index is 427. The Morgan fingerprint density at radius 1 is 0.650 bits per heavy atom. The van der Waals surface area contributed by atoms with E-state index >= 15 is 0 Å². The molecule has 0 bridgehead atoms. The van der Waals surface area contributed by atoms with Crippen LogP contribution in [0.15, 0.2) is 0 Å². The van der Waals surface area contributed by atoms with Crippen LogP contribution in [0.1, 0.15) is 0 Å². The lowest BCUT2D eigenvalue weighted by Gasteiger charge is -1.89. The van der Waals surface area contributed by atoms with E-state index in [2.05, 4.69) is 0 Å². The molecule has 0 aliphatic carbocycles. The highest BCUT2D eigenvalue weighted by Crippen LogP contribution is 2.05. The highest BCUT2D eigenvalue weighted by atomic mass is 32.3. The third-order valence-corrected chi connectivity index (χ3v) is 0. The van der Waals surface area contributed by atoms with E-state index < -0.39 is 47.6 Å². The van der Waals surface area contributed by atoms with Gasteiger partial charge in [0.2, 0.25) is 0 Å². The van der Waals surface area contributed by atoms with E-state index in [9.17, 15) is 24.8 Å². The molecular weight excluding hydrogens is 394 g/mol. The predicted octanol–water partition coefficient (Wildman–Crippen LogP) is -0.852. The van der Waals surface area contributed by atoms with Crippen LogP contribution in [0.5, 0.6) is 0 Å². The second-order valence-corrected chi connectivity index (χ2v) is 5.62. The van der Waals surface area contributed by atoms with Crippen LogP contribution in [0.4, 0.5) is 24.8 Å². The maximum absolute atomic E-state index is 10.4. The van der Waals surface area contributed by atoms with Crippen molar-refractivity contribution in [3.05, 3.63) is 0 Å². The molecular formula is CH6F6O9S3Si. The first kappa shape index (κ1) is 27.8. The van der Waals surface area contributed by atoms with Gasteiger partial charge in [-0.1, -0.05) is 11.7 Å². The van der Waals surface area contributed by atoms with Crippen molar-refractivity contribution < 1.29 is 63.7 Å². The van der Waals surface area contributed by atoms with Gasteiger partial charge in [0, 0.05) is 0 Å². The fourth-order valence-corrected chi connectivity index (χ4v) is 0. The summed E-state index contributed by atoms with van der Waals surface area (Å²) in [5.41, 5.74) is 0. The van der Waals surface area contributed by atoms with Gasteiger partial charge in [-0.2, -0.15) is 38.4 Å². The molecule has 0 saturated heterocycles. The van der Waals surface area contributed by atoms with Crippen LogP contribution < -0.4 is 0 Å². The van der Waals surface area contributed by atoms with Crippen LogP contribution >= 0.6 is 0 Å². The zero-order valence-corrected chi connectivity index (χ0v) is 13.2. The molecule has 19 heteroatoms. The van der Waals surface area contributed by atoms with Crippen molar-refractivity contribution in [2.24, 2.45) is 0 Å². The Morgan fingerprint density at radius 3 is 0.650 bits per heavy atom. The van der Waals surface area contributed by atoms with Crippen molar-refractivity contribution in [2.45, 2.75) is 5.80 Å². The summed E-state index contributed by atoms with van der Waals surface area (Å²) < 4.78 is 133. The smallest absolute Gasteiger partial charge is 0.260 e. The van der Waals surface area contributed by atoms with E-state index in [1.165, 1.54) is 0 Å². The summed E-state index contributed by atoms with van der Waals surface area (Å²) in [4.78, 5) is 0. The third kappa shape index (κ3) is 21400. The lowest BCUT2D eigenvalue weighted by Crippen LogP contribution is -2.03. The van der Waals surface area contributed by atoms with Crippen LogP contribution in [0, 0.1) is 0 Å². The summed E-state index contributed by atoms with van der Waals surface area (Å²) >= 11 is 0. The molecule has 0 saturated carbocycles. The monoisotopic (exact) mass is 400 g/mol. The van der Waals surface area contributed by atoms with Gasteiger partial charge in [-0.15, -0.1) is 0 Å². The maximum Gasteiger partial charge on any atom is 0.435 e. The van der Waals surface area contributed by atoms with Crippen molar-refractivity contribution in [1.82, 2.24) is 0 Å². The standard InChI is InChI=1S/CH3F3Si.3FHO3S/c2-1(3,4)5;3*1-5(2,3)4/h5H3;3*(H,2,3,4). The molecule has 128 valence electrons. The maximum atomic E-state index is 10.4. The van der Waals surface area contributed by atoms with Crippen LogP contribution in [0.25, 0.3) is 0 Å². The normalized spacial score (nSPS) is 11.8. The first-order chi connectivity index (χ1) is 8.00. The second kappa shape index (κ2) is 10.3. The molecule has 20 heavy (non-hydrogen) atoms. The first-order valence-electron chi connectivity index (χ1n) is 3.08. The molecule has 9 nitrogen and oxygen atoms in total. The lowest BCUT2D eigenvalue weighted by atomic mass is 11.5. The first-order valence-corrected chi connectivity index (χ1v) is 8.10. The van der Waals surface area contributed by atoms with Gasteiger partial charge in [0.25, 0.3) is 0 Å². The minimum Gasteiger partial charge on any atom is -0.260 e. The zero-order chi connectivity index (χ0) is 18.0. The van der Waals surface area contributed by atoms with Crippen molar-refractivity contribution in [3.63, 3.8) is 0 Å². The number of halogens is 6. The highest BCUT2D eigenvalue weighted by Gasteiger charge is 2.14. The Hall–Kier alpha value is -0.473. The second-order valence-electron chi connectivity index (χ2n) is 2.02.